The zero-order valence-electron chi connectivity index (χ0n) is 10.2. The summed E-state index contributed by atoms with van der Waals surface area (Å²) < 4.78 is 5.22. The van der Waals surface area contributed by atoms with Gasteiger partial charge in [0.05, 0.1) is 22.6 Å². The molecule has 0 spiro atoms. The lowest BCUT2D eigenvalue weighted by Gasteiger charge is -2.23. The molecule has 1 unspecified atom stereocenters. The maximum Gasteiger partial charge on any atom is 0.288 e. The molecule has 0 aliphatic carbocycles. The Morgan fingerprint density at radius 1 is 1.68 bits per heavy atom. The van der Waals surface area contributed by atoms with Crippen LogP contribution in [0.1, 0.15) is 23.7 Å². The zero-order chi connectivity index (χ0) is 14.0. The van der Waals surface area contributed by atoms with Crippen molar-refractivity contribution >= 4 is 23.2 Å². The lowest BCUT2D eigenvalue weighted by atomic mass is 10.0. The molecule has 8 heteroatoms. The van der Waals surface area contributed by atoms with Crippen molar-refractivity contribution in [3.8, 4) is 0 Å². The molecular formula is C11H12ClN3O4. The third-order valence-corrected chi connectivity index (χ3v) is 3.22. The lowest BCUT2D eigenvalue weighted by Crippen LogP contribution is -2.46. The Kier molecular flexibility index (Phi) is 3.68. The van der Waals surface area contributed by atoms with Crippen molar-refractivity contribution < 1.29 is 14.5 Å². The highest BCUT2D eigenvalue weighted by molar-refractivity contribution is 6.32. The van der Waals surface area contributed by atoms with E-state index in [1.165, 1.54) is 0 Å². The molecule has 1 N–H and O–H groups in total. The predicted octanol–water partition coefficient (Wildman–Crippen LogP) is 1.55. The van der Waals surface area contributed by atoms with Crippen molar-refractivity contribution in [3.05, 3.63) is 33.1 Å². The van der Waals surface area contributed by atoms with Crippen LogP contribution in [0.2, 0.25) is 5.15 Å². The molecule has 2 rings (SSSR count). The van der Waals surface area contributed by atoms with E-state index in [2.05, 4.69) is 10.3 Å². The number of carbonyl (C=O) groups excluding carboxylic acids is 1. The first-order valence-electron chi connectivity index (χ1n) is 5.61. The molecule has 1 saturated heterocycles. The van der Waals surface area contributed by atoms with Gasteiger partial charge in [-0.15, -0.1) is 0 Å². The highest BCUT2D eigenvalue weighted by atomic mass is 35.5. The Hall–Kier alpha value is -1.73. The second kappa shape index (κ2) is 5.10. The van der Waals surface area contributed by atoms with Crippen molar-refractivity contribution in [1.82, 2.24) is 10.3 Å². The second-order valence-electron chi connectivity index (χ2n) is 4.61. The number of hydrogen-bond donors (Lipinski definition) is 1. The Morgan fingerprint density at radius 3 is 3.00 bits per heavy atom. The number of hydrogen-bond acceptors (Lipinski definition) is 5. The lowest BCUT2D eigenvalue weighted by molar-refractivity contribution is -0.385. The van der Waals surface area contributed by atoms with Crippen LogP contribution >= 0.6 is 11.6 Å². The minimum Gasteiger partial charge on any atom is -0.379 e. The molecule has 1 atom stereocenters. The van der Waals surface area contributed by atoms with E-state index >= 15 is 0 Å². The van der Waals surface area contributed by atoms with Crippen LogP contribution in [-0.4, -0.2) is 34.6 Å². The van der Waals surface area contributed by atoms with Gasteiger partial charge in [-0.2, -0.15) is 0 Å². The largest absolute Gasteiger partial charge is 0.379 e. The minimum absolute atomic E-state index is 0.0102. The van der Waals surface area contributed by atoms with E-state index in [0.717, 1.165) is 12.3 Å². The third-order valence-electron chi connectivity index (χ3n) is 2.91. The van der Waals surface area contributed by atoms with Crippen LogP contribution in [0.4, 0.5) is 5.69 Å². The van der Waals surface area contributed by atoms with Gasteiger partial charge < -0.3 is 10.1 Å². The summed E-state index contributed by atoms with van der Waals surface area (Å²) in [7, 11) is 0. The van der Waals surface area contributed by atoms with Gasteiger partial charge in [0, 0.05) is 12.7 Å². The number of carbonyl (C=O) groups is 1. The van der Waals surface area contributed by atoms with Crippen molar-refractivity contribution in [2.24, 2.45) is 0 Å². The molecule has 0 radical (unpaired) electrons. The number of pyridine rings is 1. The first-order chi connectivity index (χ1) is 8.91. The molecule has 7 nitrogen and oxygen atoms in total. The van der Waals surface area contributed by atoms with Crippen LogP contribution in [0.15, 0.2) is 12.3 Å². The van der Waals surface area contributed by atoms with Crippen LogP contribution < -0.4 is 5.32 Å². The third kappa shape index (κ3) is 2.99. The van der Waals surface area contributed by atoms with Gasteiger partial charge in [-0.25, -0.2) is 4.98 Å². The number of rotatable bonds is 3. The molecule has 1 fully saturated rings. The first-order valence-corrected chi connectivity index (χ1v) is 5.99. The molecule has 1 aromatic rings. The first kappa shape index (κ1) is 13.7. The van der Waals surface area contributed by atoms with Crippen molar-refractivity contribution in [3.63, 3.8) is 0 Å². The molecule has 19 heavy (non-hydrogen) atoms. The van der Waals surface area contributed by atoms with Crippen LogP contribution in [0.25, 0.3) is 0 Å². The molecule has 102 valence electrons. The summed E-state index contributed by atoms with van der Waals surface area (Å²) in [5.74, 6) is -0.491. The van der Waals surface area contributed by atoms with Gasteiger partial charge in [-0.1, -0.05) is 11.6 Å². The summed E-state index contributed by atoms with van der Waals surface area (Å²) in [5, 5.41) is 13.4. The topological polar surface area (TPSA) is 94.4 Å². The number of nitrogens with one attached hydrogen (secondary N) is 1. The molecule has 1 aliphatic heterocycles. The minimum atomic E-state index is -0.625. The Bertz CT molecular complexity index is 529. The van der Waals surface area contributed by atoms with Crippen LogP contribution in [0.3, 0.4) is 0 Å². The average Bonchev–Trinajstić information content (AvgIpc) is 2.75. The van der Waals surface area contributed by atoms with E-state index in [9.17, 15) is 14.9 Å². The molecule has 1 aliphatic rings. The number of ether oxygens (including phenoxy) is 1. The molecule has 0 bridgehead atoms. The Balaban J connectivity index is 2.23. The van der Waals surface area contributed by atoms with Gasteiger partial charge in [0.1, 0.15) is 11.3 Å². The number of aromatic nitrogens is 1. The van der Waals surface area contributed by atoms with Crippen LogP contribution in [-0.2, 0) is 4.74 Å². The van der Waals surface area contributed by atoms with Gasteiger partial charge in [0.25, 0.3) is 11.6 Å². The van der Waals surface area contributed by atoms with Crippen LogP contribution in [0, 0.1) is 10.1 Å². The number of nitrogens with zero attached hydrogens (tertiary/aromatic N) is 2. The van der Waals surface area contributed by atoms with E-state index < -0.39 is 16.4 Å². The maximum atomic E-state index is 12.1. The van der Waals surface area contributed by atoms with Crippen molar-refractivity contribution in [2.75, 3.05) is 13.2 Å². The summed E-state index contributed by atoms with van der Waals surface area (Å²) in [6, 6.07) is 1.11. The van der Waals surface area contributed by atoms with E-state index in [1.807, 2.05) is 6.92 Å². The fraction of sp³-hybridized carbons (Fsp3) is 0.455. The summed E-state index contributed by atoms with van der Waals surface area (Å²) in [4.78, 5) is 25.8. The number of amides is 1. The Labute approximate surface area is 114 Å². The Morgan fingerprint density at radius 2 is 2.42 bits per heavy atom. The van der Waals surface area contributed by atoms with Gasteiger partial charge in [0.15, 0.2) is 0 Å². The molecule has 0 saturated carbocycles. The number of nitro groups is 1. The zero-order valence-corrected chi connectivity index (χ0v) is 10.9. The smallest absolute Gasteiger partial charge is 0.288 e. The van der Waals surface area contributed by atoms with Gasteiger partial charge in [-0.05, 0) is 13.3 Å². The highest BCUT2D eigenvalue weighted by Crippen LogP contribution is 2.22. The van der Waals surface area contributed by atoms with E-state index in [4.69, 9.17) is 16.3 Å². The monoisotopic (exact) mass is 285 g/mol. The quantitative estimate of drug-likeness (QED) is 0.516. The summed E-state index contributed by atoms with van der Waals surface area (Å²) in [5.41, 5.74) is -0.767. The molecule has 1 aromatic heterocycles. The fourth-order valence-corrected chi connectivity index (χ4v) is 1.99. The maximum absolute atomic E-state index is 12.1. The predicted molar refractivity (Wildman–Crippen MR) is 67.2 cm³/mol. The normalized spacial score (nSPS) is 22.2. The number of halogens is 1. The summed E-state index contributed by atoms with van der Waals surface area (Å²) in [6.07, 6.45) is 1.69. The van der Waals surface area contributed by atoms with Gasteiger partial charge in [-0.3, -0.25) is 14.9 Å². The highest BCUT2D eigenvalue weighted by Gasteiger charge is 2.32. The van der Waals surface area contributed by atoms with Gasteiger partial charge in [0.2, 0.25) is 0 Å². The average molecular weight is 286 g/mol. The molecular weight excluding hydrogens is 274 g/mol. The second-order valence-corrected chi connectivity index (χ2v) is 4.96. The standard InChI is InChI=1S/C11H12ClN3O4/c1-11(2-3-19-6-11)14-10(16)8-4-7(15(17)18)5-13-9(8)12/h4-5H,2-3,6H2,1H3,(H,14,16). The van der Waals surface area contributed by atoms with Crippen molar-refractivity contribution in [1.29, 1.82) is 0 Å². The van der Waals surface area contributed by atoms with Gasteiger partial charge >= 0.3 is 0 Å². The van der Waals surface area contributed by atoms with E-state index in [1.54, 1.807) is 0 Å². The fourth-order valence-electron chi connectivity index (χ4n) is 1.80. The summed E-state index contributed by atoms with van der Waals surface area (Å²) in [6.45, 7) is 2.81. The SMILES string of the molecule is CC1(NC(=O)c2cc([N+](=O)[O-])cnc2Cl)CCOC1. The molecule has 1 amide bonds. The van der Waals surface area contributed by atoms with E-state index in [-0.39, 0.29) is 16.4 Å². The molecule has 2 heterocycles. The van der Waals surface area contributed by atoms with Crippen LogP contribution in [0.5, 0.6) is 0 Å². The van der Waals surface area contributed by atoms with Crippen molar-refractivity contribution in [2.45, 2.75) is 18.9 Å². The van der Waals surface area contributed by atoms with E-state index in [0.29, 0.717) is 19.6 Å². The molecule has 0 aromatic carbocycles. The summed E-state index contributed by atoms with van der Waals surface area (Å²) >= 11 is 5.80.